The smallest absolute Gasteiger partial charge is 0.264 e. The molecule has 3 aromatic carbocycles. The summed E-state index contributed by atoms with van der Waals surface area (Å²) >= 11 is 6.29. The zero-order chi connectivity index (χ0) is 25.5. The van der Waals surface area contributed by atoms with Crippen molar-refractivity contribution in [2.75, 3.05) is 6.54 Å². The fraction of sp³-hybridized carbons (Fsp3) is 0.214. The summed E-state index contributed by atoms with van der Waals surface area (Å²) in [6, 6.07) is 23.1. The molecule has 0 spiro atoms. The predicted octanol–water partition coefficient (Wildman–Crippen LogP) is 5.22. The summed E-state index contributed by atoms with van der Waals surface area (Å²) in [5, 5.41) is 6.13. The summed E-state index contributed by atoms with van der Waals surface area (Å²) in [5.74, 6) is -1.29. The predicted molar refractivity (Wildman–Crippen MR) is 138 cm³/mol. The van der Waals surface area contributed by atoms with Crippen molar-refractivity contribution in [3.8, 4) is 0 Å². The van der Waals surface area contributed by atoms with Crippen LogP contribution in [-0.2, 0) is 9.59 Å². The number of Topliss-reactive ketones (excluding diaryl/α,β-unsaturated/α-hetero) is 1. The number of nitrogens with one attached hydrogen (secondary N) is 2. The Balaban J connectivity index is 1.45. The van der Waals surface area contributed by atoms with Crippen LogP contribution in [0.25, 0.3) is 11.1 Å². The maximum Gasteiger partial charge on any atom is 0.264 e. The number of aromatic nitrogens is 1. The van der Waals surface area contributed by atoms with Gasteiger partial charge in [-0.15, -0.1) is 0 Å². The summed E-state index contributed by atoms with van der Waals surface area (Å²) in [7, 11) is 0. The van der Waals surface area contributed by atoms with E-state index in [1.54, 1.807) is 36.4 Å². The van der Waals surface area contributed by atoms with Gasteiger partial charge in [-0.3, -0.25) is 14.4 Å². The van der Waals surface area contributed by atoms with Gasteiger partial charge < -0.3 is 15.1 Å². The average Bonchev–Trinajstić information content (AvgIpc) is 3.31. The van der Waals surface area contributed by atoms with Crippen molar-refractivity contribution in [2.45, 2.75) is 31.7 Å². The first-order valence-electron chi connectivity index (χ1n) is 11.7. The molecule has 7 nitrogen and oxygen atoms in total. The molecule has 0 saturated carbocycles. The van der Waals surface area contributed by atoms with Crippen LogP contribution >= 0.6 is 11.6 Å². The molecule has 2 unspecified atom stereocenters. The van der Waals surface area contributed by atoms with Crippen molar-refractivity contribution in [1.82, 2.24) is 15.6 Å². The summed E-state index contributed by atoms with van der Waals surface area (Å²) < 4.78 is 5.71. The molecule has 0 radical (unpaired) electrons. The fourth-order valence-electron chi connectivity index (χ4n) is 4.12. The van der Waals surface area contributed by atoms with E-state index in [4.69, 9.17) is 16.0 Å². The van der Waals surface area contributed by atoms with Gasteiger partial charge in [0, 0.05) is 18.5 Å². The molecule has 4 rings (SSSR count). The van der Waals surface area contributed by atoms with E-state index in [1.807, 2.05) is 42.5 Å². The van der Waals surface area contributed by atoms with Gasteiger partial charge >= 0.3 is 0 Å². The molecule has 1 aromatic heterocycles. The Morgan fingerprint density at radius 2 is 1.64 bits per heavy atom. The van der Waals surface area contributed by atoms with Gasteiger partial charge in [-0.2, -0.15) is 0 Å². The lowest BCUT2D eigenvalue weighted by molar-refractivity contribution is -0.122. The third kappa shape index (κ3) is 6.17. The Bertz CT molecular complexity index is 1340. The number of oxazole rings is 1. The van der Waals surface area contributed by atoms with E-state index in [0.717, 1.165) is 5.56 Å². The Kier molecular flexibility index (Phi) is 8.13. The lowest BCUT2D eigenvalue weighted by Gasteiger charge is -2.20. The van der Waals surface area contributed by atoms with Crippen LogP contribution in [0.3, 0.4) is 0 Å². The van der Waals surface area contributed by atoms with E-state index < -0.39 is 12.0 Å². The first kappa shape index (κ1) is 25.1. The molecule has 0 fully saturated rings. The number of carbonyl (C=O) groups is 3. The van der Waals surface area contributed by atoms with Gasteiger partial charge in [0.2, 0.25) is 17.6 Å². The van der Waals surface area contributed by atoms with Crippen LogP contribution in [0, 0.1) is 0 Å². The van der Waals surface area contributed by atoms with E-state index in [0.29, 0.717) is 28.1 Å². The van der Waals surface area contributed by atoms with Crippen LogP contribution in [0.5, 0.6) is 0 Å². The summed E-state index contributed by atoms with van der Waals surface area (Å²) in [4.78, 5) is 42.2. The largest absolute Gasteiger partial charge is 0.434 e. The minimum absolute atomic E-state index is 0.0123. The molecule has 2 atom stereocenters. The number of halogens is 1. The molecule has 184 valence electrons. The molecule has 0 saturated heterocycles. The highest BCUT2D eigenvalue weighted by molar-refractivity contribution is 6.31. The number of rotatable bonds is 10. The maximum absolute atomic E-state index is 13.4. The Morgan fingerprint density at radius 1 is 0.944 bits per heavy atom. The molecule has 8 heteroatoms. The molecule has 2 N–H and O–H groups in total. The summed E-state index contributed by atoms with van der Waals surface area (Å²) in [6.07, 6.45) is 0.364. The molecular weight excluding hydrogens is 478 g/mol. The topological polar surface area (TPSA) is 101 Å². The highest BCUT2D eigenvalue weighted by Crippen LogP contribution is 2.27. The van der Waals surface area contributed by atoms with E-state index in [-0.39, 0.29) is 36.5 Å². The Morgan fingerprint density at radius 3 is 2.36 bits per heavy atom. The minimum Gasteiger partial charge on any atom is -0.434 e. The van der Waals surface area contributed by atoms with Crippen molar-refractivity contribution >= 4 is 40.3 Å². The third-order valence-electron chi connectivity index (χ3n) is 5.83. The highest BCUT2D eigenvalue weighted by Gasteiger charge is 2.27. The Labute approximate surface area is 213 Å². The average molecular weight is 504 g/mol. The Hall–Kier alpha value is -3.97. The summed E-state index contributed by atoms with van der Waals surface area (Å²) in [5.41, 5.74) is 2.64. The normalized spacial score (nSPS) is 12.6. The van der Waals surface area contributed by atoms with E-state index in [2.05, 4.69) is 15.6 Å². The quantitative estimate of drug-likeness (QED) is 0.289. The van der Waals surface area contributed by atoms with Crippen molar-refractivity contribution < 1.29 is 18.8 Å². The number of benzene rings is 3. The van der Waals surface area contributed by atoms with E-state index >= 15 is 0 Å². The van der Waals surface area contributed by atoms with Gasteiger partial charge in [0.05, 0.1) is 18.4 Å². The minimum atomic E-state index is -0.567. The fourth-order valence-corrected chi connectivity index (χ4v) is 4.38. The molecule has 0 aliphatic carbocycles. The van der Waals surface area contributed by atoms with Gasteiger partial charge in [-0.1, -0.05) is 72.3 Å². The van der Waals surface area contributed by atoms with Gasteiger partial charge in [-0.25, -0.2) is 4.98 Å². The van der Waals surface area contributed by atoms with Crippen LogP contribution in [0.2, 0.25) is 5.02 Å². The van der Waals surface area contributed by atoms with Gasteiger partial charge in [0.25, 0.3) is 5.89 Å². The van der Waals surface area contributed by atoms with Crippen LogP contribution in [-0.4, -0.2) is 29.1 Å². The van der Waals surface area contributed by atoms with Crippen LogP contribution in [0.1, 0.15) is 53.5 Å². The lowest BCUT2D eigenvalue weighted by atomic mass is 9.91. The van der Waals surface area contributed by atoms with Crippen molar-refractivity contribution in [1.29, 1.82) is 0 Å². The maximum atomic E-state index is 13.4. The molecule has 36 heavy (non-hydrogen) atoms. The van der Waals surface area contributed by atoms with E-state index in [1.165, 1.54) is 6.92 Å². The highest BCUT2D eigenvalue weighted by atomic mass is 35.5. The first-order chi connectivity index (χ1) is 17.4. The number of para-hydroxylation sites is 2. The monoisotopic (exact) mass is 503 g/mol. The first-order valence-corrected chi connectivity index (χ1v) is 12.0. The molecule has 0 bridgehead atoms. The third-order valence-corrected chi connectivity index (χ3v) is 6.17. The second-order valence-corrected chi connectivity index (χ2v) is 8.84. The summed E-state index contributed by atoms with van der Waals surface area (Å²) in [6.45, 7) is 1.64. The van der Waals surface area contributed by atoms with E-state index in [9.17, 15) is 14.4 Å². The standard InChI is InChI=1S/C28H26ClN3O4/c1-18(33)31-24(21-11-5-6-12-22(21)29)17-26(34)30-16-15-20(19-9-3-2-4-10-19)27(35)28-32-23-13-7-8-14-25(23)36-28/h2-14,20,24H,15-17H2,1H3,(H,30,34)(H,31,33). The molecule has 0 aliphatic heterocycles. The van der Waals surface area contributed by atoms with Crippen LogP contribution in [0.15, 0.2) is 83.3 Å². The number of hydrogen-bond acceptors (Lipinski definition) is 5. The van der Waals surface area contributed by atoms with Crippen molar-refractivity contribution in [3.63, 3.8) is 0 Å². The van der Waals surface area contributed by atoms with Gasteiger partial charge in [0.15, 0.2) is 5.58 Å². The lowest BCUT2D eigenvalue weighted by Crippen LogP contribution is -2.33. The van der Waals surface area contributed by atoms with Crippen LogP contribution < -0.4 is 10.6 Å². The van der Waals surface area contributed by atoms with Crippen molar-refractivity contribution in [2.24, 2.45) is 0 Å². The zero-order valence-electron chi connectivity index (χ0n) is 19.7. The molecule has 1 heterocycles. The zero-order valence-corrected chi connectivity index (χ0v) is 20.5. The number of carbonyl (C=O) groups excluding carboxylic acids is 3. The number of nitrogens with zero attached hydrogens (tertiary/aromatic N) is 1. The molecular formula is C28H26ClN3O4. The second-order valence-electron chi connectivity index (χ2n) is 8.43. The van der Waals surface area contributed by atoms with Crippen molar-refractivity contribution in [3.05, 3.63) is 101 Å². The molecule has 0 aliphatic rings. The molecule has 4 aromatic rings. The number of hydrogen-bond donors (Lipinski definition) is 2. The SMILES string of the molecule is CC(=O)NC(CC(=O)NCCC(C(=O)c1nc2ccccc2o1)c1ccccc1)c1ccccc1Cl. The van der Waals surface area contributed by atoms with Gasteiger partial charge in [0.1, 0.15) is 5.52 Å². The number of amides is 2. The van der Waals surface area contributed by atoms with Crippen LogP contribution in [0.4, 0.5) is 0 Å². The number of fused-ring (bicyclic) bond motifs is 1. The molecule has 2 amide bonds. The number of ketones is 1. The second kappa shape index (κ2) is 11.6. The van der Waals surface area contributed by atoms with Gasteiger partial charge in [-0.05, 0) is 35.7 Å².